The number of carbonyl (C=O) groups excluding carboxylic acids is 1. The van der Waals surface area contributed by atoms with E-state index in [1.54, 1.807) is 0 Å². The van der Waals surface area contributed by atoms with E-state index in [0.717, 1.165) is 38.5 Å². The molecule has 0 radical (unpaired) electrons. The predicted octanol–water partition coefficient (Wildman–Crippen LogP) is 20.0. The molecule has 0 saturated heterocycles. The van der Waals surface area contributed by atoms with Gasteiger partial charge in [-0.25, -0.2) is 4.57 Å². The third kappa shape index (κ3) is 57.2. The van der Waals surface area contributed by atoms with Gasteiger partial charge in [-0.05, 0) is 12.8 Å². The van der Waals surface area contributed by atoms with Crippen molar-refractivity contribution in [3.8, 4) is 0 Å². The van der Waals surface area contributed by atoms with Gasteiger partial charge in [-0.3, -0.25) is 13.8 Å². The summed E-state index contributed by atoms with van der Waals surface area (Å²) in [5.41, 5.74) is 0. The Bertz CT molecular complexity index is 1140. The van der Waals surface area contributed by atoms with Gasteiger partial charge in [0.1, 0.15) is 13.2 Å². The molecule has 0 aliphatic rings. The predicted molar refractivity (Wildman–Crippen MR) is 314 cm³/mol. The quantitative estimate of drug-likeness (QED) is 0.0318. The number of nitrogens with zero attached hydrogens (tertiary/aromatic N) is 1. The van der Waals surface area contributed by atoms with Crippen LogP contribution in [-0.4, -0.2) is 73.4 Å². The van der Waals surface area contributed by atoms with E-state index in [2.05, 4.69) is 19.2 Å². The number of hydrogen-bond donors (Lipinski definition) is 3. The number of rotatable bonds is 61. The Hall–Kier alpha value is -0.500. The standard InChI is InChI=1S/C63H129N2O6P/c1-6-8-10-12-14-16-18-20-22-24-26-28-29-30-31-32-33-34-35-36-37-38-40-42-44-46-48-50-52-54-56-62(66)61(60-71-72(68,69)70-59-58-65(3,4)5)64-63(67)57-55-53-51-49-47-45-43-41-39-27-25-23-21-19-17-15-13-11-9-7-2/h61-62,66H,6-60H2,1-5H3,(H-,64,67,68,69)/p+1. The number of unbranched alkanes of at least 4 members (excludes halogenated alkanes) is 48. The number of aliphatic hydroxyl groups excluding tert-OH is 1. The minimum absolute atomic E-state index is 0.0793. The van der Waals surface area contributed by atoms with Crippen molar-refractivity contribution in [2.45, 2.75) is 360 Å². The Labute approximate surface area is 450 Å². The number of carbonyl (C=O) groups is 1. The van der Waals surface area contributed by atoms with E-state index in [9.17, 15) is 19.4 Å². The third-order valence-electron chi connectivity index (χ3n) is 15.4. The number of quaternary nitrogens is 1. The van der Waals surface area contributed by atoms with Gasteiger partial charge in [-0.15, -0.1) is 0 Å². The van der Waals surface area contributed by atoms with Crippen LogP contribution in [0.15, 0.2) is 0 Å². The summed E-state index contributed by atoms with van der Waals surface area (Å²) < 4.78 is 23.9. The molecule has 1 amide bonds. The first kappa shape index (κ1) is 71.5. The number of amides is 1. The van der Waals surface area contributed by atoms with Crippen LogP contribution >= 0.6 is 7.82 Å². The van der Waals surface area contributed by atoms with Gasteiger partial charge in [0.05, 0.1) is 39.9 Å². The van der Waals surface area contributed by atoms with Gasteiger partial charge >= 0.3 is 7.82 Å². The normalized spacial score (nSPS) is 13.7. The molecule has 0 aliphatic carbocycles. The molecule has 3 unspecified atom stereocenters. The average molecular weight is 1040 g/mol. The first-order valence-electron chi connectivity index (χ1n) is 32.4. The van der Waals surface area contributed by atoms with E-state index < -0.39 is 20.0 Å². The molecule has 0 saturated carbocycles. The Balaban J connectivity index is 4.01. The average Bonchev–Trinajstić information content (AvgIpc) is 3.34. The number of likely N-dealkylation sites (N-methyl/N-ethyl adjacent to an activating group) is 1. The van der Waals surface area contributed by atoms with Crippen molar-refractivity contribution >= 4 is 13.7 Å². The van der Waals surface area contributed by atoms with E-state index in [-0.39, 0.29) is 19.1 Å². The lowest BCUT2D eigenvalue weighted by Gasteiger charge is -2.26. The largest absolute Gasteiger partial charge is 0.472 e. The van der Waals surface area contributed by atoms with Crippen molar-refractivity contribution < 1.29 is 32.9 Å². The molecule has 0 aromatic carbocycles. The molecule has 0 rings (SSSR count). The summed E-state index contributed by atoms with van der Waals surface area (Å²) in [6, 6.07) is -0.756. The Morgan fingerprint density at radius 1 is 0.417 bits per heavy atom. The number of aliphatic hydroxyl groups is 1. The zero-order chi connectivity index (χ0) is 52.7. The lowest BCUT2D eigenvalue weighted by Crippen LogP contribution is -2.46. The summed E-state index contributed by atoms with van der Waals surface area (Å²) in [6.45, 7) is 4.96. The second kappa shape index (κ2) is 55.3. The molecule has 9 heteroatoms. The maximum atomic E-state index is 13.0. The zero-order valence-corrected chi connectivity index (χ0v) is 50.4. The summed E-state index contributed by atoms with van der Waals surface area (Å²) in [7, 11) is 1.64. The van der Waals surface area contributed by atoms with Crippen molar-refractivity contribution in [2.24, 2.45) is 0 Å². The van der Waals surface area contributed by atoms with Crippen LogP contribution in [0.3, 0.4) is 0 Å². The van der Waals surface area contributed by atoms with E-state index in [1.807, 2.05) is 21.1 Å². The monoisotopic (exact) mass is 1040 g/mol. The topological polar surface area (TPSA) is 105 Å². The molecule has 0 aromatic heterocycles. The van der Waals surface area contributed by atoms with Crippen LogP contribution in [0.2, 0.25) is 0 Å². The molecule has 0 heterocycles. The number of nitrogens with one attached hydrogen (secondary N) is 1. The molecule has 0 aromatic rings. The maximum Gasteiger partial charge on any atom is 0.472 e. The second-order valence-electron chi connectivity index (χ2n) is 23.9. The van der Waals surface area contributed by atoms with Gasteiger partial charge in [-0.2, -0.15) is 0 Å². The highest BCUT2D eigenvalue weighted by atomic mass is 31.2. The number of hydrogen-bond acceptors (Lipinski definition) is 5. The highest BCUT2D eigenvalue weighted by Gasteiger charge is 2.28. The summed E-state index contributed by atoms with van der Waals surface area (Å²) in [5.74, 6) is -0.135. The molecule has 0 bridgehead atoms. The molecule has 432 valence electrons. The van der Waals surface area contributed by atoms with Crippen molar-refractivity contribution in [1.29, 1.82) is 0 Å². The number of phosphoric ester groups is 1. The molecule has 8 nitrogen and oxygen atoms in total. The minimum Gasteiger partial charge on any atom is -0.391 e. The Kier molecular flexibility index (Phi) is 54.9. The lowest BCUT2D eigenvalue weighted by atomic mass is 10.0. The molecule has 72 heavy (non-hydrogen) atoms. The fourth-order valence-electron chi connectivity index (χ4n) is 10.3. The molecule has 0 fully saturated rings. The van der Waals surface area contributed by atoms with Gasteiger partial charge in [0.2, 0.25) is 5.91 Å². The lowest BCUT2D eigenvalue weighted by molar-refractivity contribution is -0.870. The first-order chi connectivity index (χ1) is 35.0. The zero-order valence-electron chi connectivity index (χ0n) is 49.5. The molecule has 0 spiro atoms. The molecular formula is C63H130N2O6P+. The highest BCUT2D eigenvalue weighted by molar-refractivity contribution is 7.47. The van der Waals surface area contributed by atoms with Crippen molar-refractivity contribution in [3.63, 3.8) is 0 Å². The van der Waals surface area contributed by atoms with Crippen LogP contribution in [0.4, 0.5) is 0 Å². The summed E-state index contributed by atoms with van der Waals surface area (Å²) in [4.78, 5) is 23.4. The fourth-order valence-corrected chi connectivity index (χ4v) is 11.0. The van der Waals surface area contributed by atoms with Crippen LogP contribution in [0.5, 0.6) is 0 Å². The van der Waals surface area contributed by atoms with E-state index in [1.165, 1.54) is 283 Å². The van der Waals surface area contributed by atoms with E-state index in [0.29, 0.717) is 23.9 Å². The first-order valence-corrected chi connectivity index (χ1v) is 33.9. The summed E-state index contributed by atoms with van der Waals surface area (Å²) >= 11 is 0. The van der Waals surface area contributed by atoms with Crippen LogP contribution in [-0.2, 0) is 18.4 Å². The molecule has 3 atom stereocenters. The number of phosphoric acid groups is 1. The second-order valence-corrected chi connectivity index (χ2v) is 25.3. The van der Waals surface area contributed by atoms with Crippen molar-refractivity contribution in [2.75, 3.05) is 40.9 Å². The molecule has 3 N–H and O–H groups in total. The maximum absolute atomic E-state index is 13.0. The van der Waals surface area contributed by atoms with Crippen molar-refractivity contribution in [1.82, 2.24) is 5.32 Å². The summed E-state index contributed by atoms with van der Waals surface area (Å²) in [6.07, 6.45) is 67.6. The summed E-state index contributed by atoms with van der Waals surface area (Å²) in [5, 5.41) is 14.1. The van der Waals surface area contributed by atoms with Crippen LogP contribution in [0.25, 0.3) is 0 Å². The molecular weight excluding hydrogens is 912 g/mol. The molecule has 0 aliphatic heterocycles. The van der Waals surface area contributed by atoms with Gasteiger partial charge in [0.25, 0.3) is 0 Å². The Morgan fingerprint density at radius 2 is 0.667 bits per heavy atom. The van der Waals surface area contributed by atoms with Gasteiger partial charge < -0.3 is 19.8 Å². The SMILES string of the molecule is CCCCCCCCCCCCCCCCCCCCCCCCCCCCCCCCC(O)C(COP(=O)(O)OCC[N+](C)(C)C)NC(=O)CCCCCCCCCCCCCCCCCCCCCC. The highest BCUT2D eigenvalue weighted by Crippen LogP contribution is 2.43. The van der Waals surface area contributed by atoms with Crippen LogP contribution < -0.4 is 5.32 Å². The van der Waals surface area contributed by atoms with Gasteiger partial charge in [-0.1, -0.05) is 328 Å². The smallest absolute Gasteiger partial charge is 0.391 e. The van der Waals surface area contributed by atoms with E-state index in [4.69, 9.17) is 9.05 Å². The van der Waals surface area contributed by atoms with Gasteiger partial charge in [0.15, 0.2) is 0 Å². The van der Waals surface area contributed by atoms with E-state index >= 15 is 0 Å². The van der Waals surface area contributed by atoms with Gasteiger partial charge in [0, 0.05) is 6.42 Å². The van der Waals surface area contributed by atoms with Crippen LogP contribution in [0.1, 0.15) is 348 Å². The Morgan fingerprint density at radius 3 is 0.931 bits per heavy atom. The minimum atomic E-state index is -4.32. The third-order valence-corrected chi connectivity index (χ3v) is 16.3. The fraction of sp³-hybridized carbons (Fsp3) is 0.984. The van der Waals surface area contributed by atoms with Crippen molar-refractivity contribution in [3.05, 3.63) is 0 Å². The van der Waals surface area contributed by atoms with Crippen LogP contribution in [0, 0.1) is 0 Å².